The van der Waals surface area contributed by atoms with Crippen LogP contribution >= 0.6 is 0 Å². The SMILES string of the molecule is Cc1ccccc1N(Oc1ccccc1Nc1cccc2c1oc1ccccc12)c1ccccc1. The highest BCUT2D eigenvalue weighted by Gasteiger charge is 2.17. The van der Waals surface area contributed by atoms with Gasteiger partial charge in [-0.1, -0.05) is 78.9 Å². The van der Waals surface area contributed by atoms with Gasteiger partial charge < -0.3 is 14.6 Å². The molecule has 4 nitrogen and oxygen atoms in total. The van der Waals surface area contributed by atoms with E-state index in [4.69, 9.17) is 9.25 Å². The van der Waals surface area contributed by atoms with Crippen LogP contribution < -0.4 is 15.2 Å². The van der Waals surface area contributed by atoms with Crippen LogP contribution in [0.2, 0.25) is 0 Å². The number of benzene rings is 5. The third-order valence-electron chi connectivity index (χ3n) is 6.08. The van der Waals surface area contributed by atoms with Gasteiger partial charge in [-0.2, -0.15) is 5.06 Å². The summed E-state index contributed by atoms with van der Waals surface area (Å²) in [5.41, 5.74) is 6.46. The number of nitrogens with one attached hydrogen (secondary N) is 1. The molecule has 4 heteroatoms. The summed E-state index contributed by atoms with van der Waals surface area (Å²) in [4.78, 5) is 6.58. The minimum absolute atomic E-state index is 0.702. The van der Waals surface area contributed by atoms with Crippen LogP contribution in [0.3, 0.4) is 0 Å². The fourth-order valence-electron chi connectivity index (χ4n) is 4.33. The van der Waals surface area contributed by atoms with E-state index in [1.54, 1.807) is 0 Å². The Bertz CT molecular complexity index is 1620. The smallest absolute Gasteiger partial charge is 0.179 e. The molecule has 0 spiro atoms. The Balaban J connectivity index is 1.41. The van der Waals surface area contributed by atoms with E-state index in [0.717, 1.165) is 50.3 Å². The Morgan fingerprint density at radius 2 is 1.31 bits per heavy atom. The van der Waals surface area contributed by atoms with Gasteiger partial charge >= 0.3 is 0 Å². The number of rotatable bonds is 6. The maximum Gasteiger partial charge on any atom is 0.179 e. The molecule has 0 atom stereocenters. The van der Waals surface area contributed by atoms with E-state index in [9.17, 15) is 0 Å². The normalized spacial score (nSPS) is 11.0. The average Bonchev–Trinajstić information content (AvgIpc) is 3.29. The van der Waals surface area contributed by atoms with E-state index >= 15 is 0 Å². The number of hydrogen-bond donors (Lipinski definition) is 1. The zero-order valence-electron chi connectivity index (χ0n) is 19.3. The van der Waals surface area contributed by atoms with Gasteiger partial charge in [0.15, 0.2) is 11.3 Å². The summed E-state index contributed by atoms with van der Waals surface area (Å²) in [7, 11) is 0. The first kappa shape index (κ1) is 20.9. The summed E-state index contributed by atoms with van der Waals surface area (Å²) < 4.78 is 6.22. The Hall–Kier alpha value is -4.70. The molecule has 0 unspecified atom stereocenters. The number of para-hydroxylation sites is 6. The highest BCUT2D eigenvalue weighted by Crippen LogP contribution is 2.38. The second-order valence-corrected chi connectivity index (χ2v) is 8.41. The van der Waals surface area contributed by atoms with Crippen molar-refractivity contribution in [3.63, 3.8) is 0 Å². The van der Waals surface area contributed by atoms with Crippen molar-refractivity contribution in [2.24, 2.45) is 0 Å². The minimum atomic E-state index is 0.702. The van der Waals surface area contributed by atoms with Crippen molar-refractivity contribution >= 4 is 44.7 Å². The molecule has 0 aliphatic heterocycles. The first-order valence-electron chi connectivity index (χ1n) is 11.6. The van der Waals surface area contributed by atoms with E-state index in [1.165, 1.54) is 0 Å². The monoisotopic (exact) mass is 456 g/mol. The largest absolute Gasteiger partial charge is 0.454 e. The molecule has 1 aromatic heterocycles. The van der Waals surface area contributed by atoms with E-state index in [2.05, 4.69) is 36.5 Å². The lowest BCUT2D eigenvalue weighted by Gasteiger charge is -2.27. The van der Waals surface area contributed by atoms with Gasteiger partial charge in [0.2, 0.25) is 0 Å². The van der Waals surface area contributed by atoms with Crippen molar-refractivity contribution in [3.8, 4) is 5.75 Å². The van der Waals surface area contributed by atoms with E-state index in [-0.39, 0.29) is 0 Å². The standard InChI is InChI=1S/C31H24N2O2/c1-22-12-5-8-19-28(22)33(23-13-3-2-4-14-23)35-30-21-10-7-17-26(30)32-27-18-11-16-25-24-15-6-9-20-29(24)34-31(25)27/h2-21,32H,1H3. The molecular weight excluding hydrogens is 432 g/mol. The lowest BCUT2D eigenvalue weighted by molar-refractivity contribution is 0.325. The number of hydrogen-bond acceptors (Lipinski definition) is 4. The Labute approximate surface area is 204 Å². The van der Waals surface area contributed by atoms with Crippen LogP contribution in [0, 0.1) is 6.92 Å². The summed E-state index contributed by atoms with van der Waals surface area (Å²) >= 11 is 0. The highest BCUT2D eigenvalue weighted by molar-refractivity contribution is 6.09. The topological polar surface area (TPSA) is 37.6 Å². The molecule has 0 aliphatic carbocycles. The Kier molecular flexibility index (Phi) is 5.32. The molecular formula is C31H24N2O2. The van der Waals surface area contributed by atoms with Gasteiger partial charge in [0.1, 0.15) is 5.58 Å². The number of fused-ring (bicyclic) bond motifs is 3. The zero-order valence-corrected chi connectivity index (χ0v) is 19.3. The lowest BCUT2D eigenvalue weighted by atomic mass is 10.1. The van der Waals surface area contributed by atoms with E-state index in [0.29, 0.717) is 5.75 Å². The molecule has 0 saturated heterocycles. The lowest BCUT2D eigenvalue weighted by Crippen LogP contribution is -2.22. The maximum atomic E-state index is 6.58. The summed E-state index contributed by atoms with van der Waals surface area (Å²) in [5.74, 6) is 0.702. The molecule has 35 heavy (non-hydrogen) atoms. The molecule has 0 radical (unpaired) electrons. The molecule has 1 heterocycles. The van der Waals surface area contributed by atoms with Crippen LogP contribution in [0.5, 0.6) is 5.75 Å². The van der Waals surface area contributed by atoms with Gasteiger partial charge in [-0.3, -0.25) is 0 Å². The van der Waals surface area contributed by atoms with Crippen LogP contribution in [-0.4, -0.2) is 0 Å². The van der Waals surface area contributed by atoms with Crippen molar-refractivity contribution in [2.75, 3.05) is 10.4 Å². The molecule has 0 fully saturated rings. The van der Waals surface area contributed by atoms with Crippen molar-refractivity contribution < 1.29 is 9.25 Å². The van der Waals surface area contributed by atoms with Gasteiger partial charge in [0.25, 0.3) is 0 Å². The van der Waals surface area contributed by atoms with Gasteiger partial charge in [0.05, 0.1) is 22.7 Å². The van der Waals surface area contributed by atoms with Gasteiger partial charge in [0, 0.05) is 10.8 Å². The fourth-order valence-corrected chi connectivity index (χ4v) is 4.33. The van der Waals surface area contributed by atoms with Crippen LogP contribution in [0.4, 0.5) is 22.7 Å². The van der Waals surface area contributed by atoms with E-state index < -0.39 is 0 Å². The zero-order chi connectivity index (χ0) is 23.6. The van der Waals surface area contributed by atoms with Crippen LogP contribution in [-0.2, 0) is 0 Å². The summed E-state index contributed by atoms with van der Waals surface area (Å²) in [6, 6.07) is 40.5. The number of nitrogens with zero attached hydrogens (tertiary/aromatic N) is 1. The highest BCUT2D eigenvalue weighted by atomic mass is 16.7. The molecule has 6 aromatic rings. The van der Waals surface area contributed by atoms with Crippen LogP contribution in [0.25, 0.3) is 21.9 Å². The summed E-state index contributed by atoms with van der Waals surface area (Å²) in [5, 5.41) is 7.61. The van der Waals surface area contributed by atoms with Crippen molar-refractivity contribution in [1.29, 1.82) is 0 Å². The van der Waals surface area contributed by atoms with Gasteiger partial charge in [-0.15, -0.1) is 0 Å². The first-order chi connectivity index (χ1) is 17.3. The number of furan rings is 1. The van der Waals surface area contributed by atoms with E-state index in [1.807, 2.05) is 102 Å². The molecule has 0 amide bonds. The Morgan fingerprint density at radius 1 is 0.629 bits per heavy atom. The first-order valence-corrected chi connectivity index (χ1v) is 11.6. The quantitative estimate of drug-likeness (QED) is 0.254. The number of anilines is 4. The molecule has 170 valence electrons. The third-order valence-corrected chi connectivity index (χ3v) is 6.08. The second kappa shape index (κ2) is 8.92. The Morgan fingerprint density at radius 3 is 2.20 bits per heavy atom. The maximum absolute atomic E-state index is 6.58. The van der Waals surface area contributed by atoms with Crippen molar-refractivity contribution in [1.82, 2.24) is 0 Å². The summed E-state index contributed by atoms with van der Waals surface area (Å²) in [6.45, 7) is 2.08. The molecule has 6 rings (SSSR count). The second-order valence-electron chi connectivity index (χ2n) is 8.41. The third kappa shape index (κ3) is 3.96. The predicted octanol–water partition coefficient (Wildman–Crippen LogP) is 8.77. The molecule has 0 bridgehead atoms. The molecule has 0 aliphatic rings. The number of aryl methyl sites for hydroxylation is 1. The molecule has 5 aromatic carbocycles. The fraction of sp³-hybridized carbons (Fsp3) is 0.0323. The average molecular weight is 457 g/mol. The van der Waals surface area contributed by atoms with Crippen LogP contribution in [0.1, 0.15) is 5.56 Å². The molecule has 1 N–H and O–H groups in total. The summed E-state index contributed by atoms with van der Waals surface area (Å²) in [6.07, 6.45) is 0. The predicted molar refractivity (Wildman–Crippen MR) is 144 cm³/mol. The van der Waals surface area contributed by atoms with Crippen LogP contribution in [0.15, 0.2) is 126 Å². The van der Waals surface area contributed by atoms with Crippen molar-refractivity contribution in [2.45, 2.75) is 6.92 Å². The molecule has 0 saturated carbocycles. The van der Waals surface area contributed by atoms with Crippen molar-refractivity contribution in [3.05, 3.63) is 127 Å². The minimum Gasteiger partial charge on any atom is -0.454 e. The van der Waals surface area contributed by atoms with Gasteiger partial charge in [-0.25, -0.2) is 0 Å². The van der Waals surface area contributed by atoms with Gasteiger partial charge in [-0.05, 0) is 55.0 Å².